The Balaban J connectivity index is 0.841. The van der Waals surface area contributed by atoms with Gasteiger partial charge in [0.25, 0.3) is 0 Å². The van der Waals surface area contributed by atoms with Crippen molar-refractivity contribution in [2.24, 2.45) is 5.92 Å². The molecule has 5 atom stereocenters. The van der Waals surface area contributed by atoms with Crippen molar-refractivity contribution < 1.29 is 63.2 Å². The number of aromatic nitrogens is 2. The summed E-state index contributed by atoms with van der Waals surface area (Å²) >= 11 is 5.55. The third-order valence-electron chi connectivity index (χ3n) is 15.5. The summed E-state index contributed by atoms with van der Waals surface area (Å²) in [5.41, 5.74) is 4.49. The van der Waals surface area contributed by atoms with E-state index in [0.29, 0.717) is 71.1 Å². The lowest BCUT2D eigenvalue weighted by Gasteiger charge is -2.30. The number of unbranched alkanes of at least 4 members (excludes halogenated alkanes) is 2. The quantitative estimate of drug-likeness (QED) is 0.0151. The Morgan fingerprint density at radius 1 is 0.705 bits per heavy atom. The lowest BCUT2D eigenvalue weighted by Crippen LogP contribution is -2.59. The van der Waals surface area contributed by atoms with Crippen LogP contribution in [0.15, 0.2) is 125 Å². The number of carboxylic acids is 3. The van der Waals surface area contributed by atoms with Crippen LogP contribution in [0.3, 0.4) is 0 Å². The van der Waals surface area contributed by atoms with Gasteiger partial charge >= 0.3 is 17.9 Å². The van der Waals surface area contributed by atoms with Crippen molar-refractivity contribution in [1.82, 2.24) is 41.5 Å². The summed E-state index contributed by atoms with van der Waals surface area (Å²) in [5.74, 6) is -7.46. The van der Waals surface area contributed by atoms with Crippen LogP contribution in [-0.4, -0.2) is 131 Å². The number of para-hydroxylation sites is 2. The van der Waals surface area contributed by atoms with Gasteiger partial charge in [0.05, 0.1) is 12.0 Å². The van der Waals surface area contributed by atoms with E-state index >= 15 is 0 Å². The number of rotatable bonds is 26. The van der Waals surface area contributed by atoms with Crippen molar-refractivity contribution in [3.8, 4) is 28.2 Å². The second-order valence-electron chi connectivity index (χ2n) is 22.3. The number of hydrogen-bond acceptors (Lipinski definition) is 12. The first-order valence-corrected chi connectivity index (χ1v) is 29.3. The van der Waals surface area contributed by atoms with E-state index in [0.717, 1.165) is 21.8 Å². The molecular formula is C64H67N9O14S. The van der Waals surface area contributed by atoms with Crippen LogP contribution in [0.2, 0.25) is 0 Å². The summed E-state index contributed by atoms with van der Waals surface area (Å²) in [6.45, 7) is 4.25. The fourth-order valence-electron chi connectivity index (χ4n) is 11.2. The van der Waals surface area contributed by atoms with Crippen LogP contribution in [0.4, 0.5) is 5.69 Å². The molecule has 0 spiro atoms. The van der Waals surface area contributed by atoms with Gasteiger partial charge in [-0.15, -0.1) is 0 Å². The minimum Gasteiger partial charge on any atom is -0.508 e. The highest BCUT2D eigenvalue weighted by molar-refractivity contribution is 7.80. The standard InChI is InChI=1S/C64H67N9O14S/c1-34(2)25-48(69-55(76)16-4-3-9-23-65-64(88)68-37-17-20-42(45(28-37)62(83)84)57-43-21-18-38(74)29-53(43)87-54-30-39(75)19-22-44(54)57)58(79)70-49(26-35-32-66-46-13-7-5-11-40(35)46)59(80)71-50(27-36-33-67-47-14-8-6-12-41(36)47)61(82)73-24-10-15-52(73)60(81)72-51(63(85)86)31-56(77)78/h5-8,11-14,17-22,28-30,32-34,48-52,66-67,74H,3-4,9-10,15-16,23-27,31H2,1-2H3,(H,69,76)(H,70,79)(H,71,80)(H,72,81)(H,77,78)(H,83,84)(H,85,86)(H2,65,68,88)/t48-,49-,50-,51-,52-/m0/s1. The van der Waals surface area contributed by atoms with Gasteiger partial charge in [-0.1, -0.05) is 62.7 Å². The summed E-state index contributed by atoms with van der Waals surface area (Å²) in [6, 6.07) is 21.5. The Morgan fingerprint density at radius 2 is 1.36 bits per heavy atom. The van der Waals surface area contributed by atoms with Crippen molar-refractivity contribution in [3.05, 3.63) is 142 Å². The number of hydrogen-bond donors (Lipinski definition) is 12. The van der Waals surface area contributed by atoms with E-state index in [9.17, 15) is 63.6 Å². The van der Waals surface area contributed by atoms with E-state index in [4.69, 9.17) is 16.6 Å². The zero-order valence-corrected chi connectivity index (χ0v) is 49.0. The molecule has 4 aromatic carbocycles. The maximum absolute atomic E-state index is 15.0. The molecule has 2 aliphatic heterocycles. The summed E-state index contributed by atoms with van der Waals surface area (Å²) < 4.78 is 5.94. The number of aromatic carboxylic acids is 1. The number of amides is 5. The lowest BCUT2D eigenvalue weighted by molar-refractivity contribution is -0.148. The number of anilines is 1. The Bertz CT molecular complexity index is 4000. The highest BCUT2D eigenvalue weighted by Crippen LogP contribution is 2.42. The van der Waals surface area contributed by atoms with Gasteiger partial charge in [0.2, 0.25) is 29.5 Å². The van der Waals surface area contributed by atoms with Crippen LogP contribution < -0.4 is 37.3 Å². The molecule has 9 rings (SSSR count). The number of carbonyl (C=O) groups is 8. The maximum atomic E-state index is 15.0. The third kappa shape index (κ3) is 15.1. The molecule has 458 valence electrons. The molecule has 6 aromatic rings. The van der Waals surface area contributed by atoms with E-state index < -0.39 is 84.1 Å². The highest BCUT2D eigenvalue weighted by Gasteiger charge is 2.41. The molecule has 1 saturated heterocycles. The molecule has 88 heavy (non-hydrogen) atoms. The first-order valence-electron chi connectivity index (χ1n) is 28.9. The summed E-state index contributed by atoms with van der Waals surface area (Å²) in [6.07, 6.45) is 4.82. The van der Waals surface area contributed by atoms with Gasteiger partial charge in [-0.3, -0.25) is 33.6 Å². The smallest absolute Gasteiger partial charge is 0.336 e. The summed E-state index contributed by atoms with van der Waals surface area (Å²) in [5, 5.41) is 59.0. The number of fused-ring (bicyclic) bond motifs is 4. The van der Waals surface area contributed by atoms with E-state index in [2.05, 4.69) is 41.9 Å². The van der Waals surface area contributed by atoms with Crippen molar-refractivity contribution in [1.29, 1.82) is 0 Å². The number of nitrogens with one attached hydrogen (secondary N) is 8. The van der Waals surface area contributed by atoms with E-state index in [1.807, 2.05) is 62.4 Å². The molecule has 23 nitrogen and oxygen atoms in total. The zero-order valence-electron chi connectivity index (χ0n) is 48.1. The fourth-order valence-corrected chi connectivity index (χ4v) is 11.5. The summed E-state index contributed by atoms with van der Waals surface area (Å²) in [7, 11) is 0. The largest absolute Gasteiger partial charge is 0.508 e. The van der Waals surface area contributed by atoms with Crippen LogP contribution in [0.1, 0.15) is 86.7 Å². The van der Waals surface area contributed by atoms with Gasteiger partial charge in [-0.05, 0) is 115 Å². The molecular weight excluding hydrogens is 1150 g/mol. The number of aliphatic carboxylic acids is 2. The molecule has 4 heterocycles. The molecule has 3 aliphatic rings. The minimum absolute atomic E-state index is 0.0465. The van der Waals surface area contributed by atoms with Crippen LogP contribution in [0.25, 0.3) is 55.2 Å². The Hall–Kier alpha value is -10.1. The molecule has 2 aromatic heterocycles. The summed E-state index contributed by atoms with van der Waals surface area (Å²) in [4.78, 5) is 128. The third-order valence-corrected chi connectivity index (χ3v) is 15.7. The number of phenolic OH excluding ortho intramolecular Hbond substituents is 1. The van der Waals surface area contributed by atoms with Crippen LogP contribution >= 0.6 is 12.2 Å². The maximum Gasteiger partial charge on any atom is 0.336 e. The average molecular weight is 1220 g/mol. The van der Waals surface area contributed by atoms with Crippen LogP contribution in [0, 0.1) is 5.92 Å². The van der Waals surface area contributed by atoms with Gasteiger partial charge in [-0.25, -0.2) is 9.59 Å². The minimum atomic E-state index is -1.76. The molecule has 24 heteroatoms. The van der Waals surface area contributed by atoms with E-state index in [1.165, 1.54) is 35.2 Å². The SMILES string of the molecule is CC(C)C[C@H](NC(=O)CCCCCNC(=S)Nc1ccc(-c2c3ccc(=O)cc-3oc3cc(O)ccc23)c(C(=O)O)c1)C(=O)N[C@@H](Cc1c[nH]c2ccccc12)C(=O)N[C@@H](Cc1c[nH]c2ccccc12)C(=O)N1CCC[C@H]1C(=O)N[C@@H](CC(=O)O)C(=O)O. The lowest BCUT2D eigenvalue weighted by atomic mass is 9.90. The van der Waals surface area contributed by atoms with Crippen LogP contribution in [-0.2, 0) is 46.4 Å². The van der Waals surface area contributed by atoms with E-state index in [1.54, 1.807) is 36.7 Å². The van der Waals surface area contributed by atoms with Crippen LogP contribution in [0.5, 0.6) is 5.75 Å². The molecule has 1 aliphatic carbocycles. The number of carbonyl (C=O) groups excluding carboxylic acids is 5. The average Bonchev–Trinajstić information content (AvgIpc) is 1.21. The number of benzene rings is 5. The Kier molecular flexibility index (Phi) is 19.8. The van der Waals surface area contributed by atoms with Gasteiger partial charge in [0, 0.05) is 101 Å². The number of aromatic hydroxyl groups is 1. The topological polar surface area (TPSA) is 355 Å². The van der Waals surface area contributed by atoms with Gasteiger partial charge < -0.3 is 71.6 Å². The number of aromatic amines is 2. The molecule has 0 bridgehead atoms. The van der Waals surface area contributed by atoms with Gasteiger partial charge in [0.15, 0.2) is 10.5 Å². The molecule has 0 saturated carbocycles. The highest BCUT2D eigenvalue weighted by atomic mass is 32.1. The fraction of sp³-hybridized carbons (Fsp3) is 0.312. The number of nitrogens with zero attached hydrogens (tertiary/aromatic N) is 1. The monoisotopic (exact) mass is 1220 g/mol. The number of H-pyrrole nitrogens is 2. The van der Waals surface area contributed by atoms with Crippen molar-refractivity contribution in [2.45, 2.75) is 108 Å². The van der Waals surface area contributed by atoms with Gasteiger partial charge in [-0.2, -0.15) is 0 Å². The van der Waals surface area contributed by atoms with Crippen molar-refractivity contribution in [2.75, 3.05) is 18.4 Å². The first-order chi connectivity index (χ1) is 42.2. The predicted molar refractivity (Wildman–Crippen MR) is 332 cm³/mol. The Labute approximate surface area is 509 Å². The van der Waals surface area contributed by atoms with E-state index in [-0.39, 0.29) is 77.8 Å². The molecule has 5 amide bonds. The molecule has 12 N–H and O–H groups in total. The zero-order chi connectivity index (χ0) is 62.8. The second-order valence-corrected chi connectivity index (χ2v) is 22.7. The second kappa shape index (κ2) is 27.9. The molecule has 0 radical (unpaired) electrons. The van der Waals surface area contributed by atoms with Crippen molar-refractivity contribution >= 4 is 103 Å². The number of thiocarbonyl (C=S) groups is 1. The number of likely N-dealkylation sites (tertiary alicyclic amines) is 1. The first kappa shape index (κ1) is 62.4. The predicted octanol–water partition coefficient (Wildman–Crippen LogP) is 6.80. The van der Waals surface area contributed by atoms with Gasteiger partial charge in [0.1, 0.15) is 47.3 Å². The molecule has 1 fully saturated rings. The number of phenols is 1. The number of carboxylic acid groups (broad SMARTS) is 3. The normalized spacial score (nSPS) is 14.5. The molecule has 0 unspecified atom stereocenters. The Morgan fingerprint density at radius 3 is 2.03 bits per heavy atom. The van der Waals surface area contributed by atoms with Crippen molar-refractivity contribution in [3.63, 3.8) is 0 Å².